The molecule has 104 valence electrons. The molecular formula is C13H18ClN3O2. The van der Waals surface area contributed by atoms with Gasteiger partial charge in [-0.3, -0.25) is 0 Å². The lowest BCUT2D eigenvalue weighted by Gasteiger charge is -2.15. The zero-order valence-corrected chi connectivity index (χ0v) is 12.0. The third-order valence-electron chi connectivity index (χ3n) is 2.84. The van der Waals surface area contributed by atoms with Crippen molar-refractivity contribution in [3.63, 3.8) is 0 Å². The molecule has 0 fully saturated rings. The molecule has 0 aliphatic heterocycles. The van der Waals surface area contributed by atoms with Crippen LogP contribution in [0.2, 0.25) is 0 Å². The third kappa shape index (κ3) is 3.24. The predicted octanol–water partition coefficient (Wildman–Crippen LogP) is 2.40. The Morgan fingerprint density at radius 3 is 2.74 bits per heavy atom. The largest absolute Gasteiger partial charge is 0.497 e. The van der Waals surface area contributed by atoms with Crippen LogP contribution < -0.4 is 10.5 Å². The normalized spacial score (nSPS) is 10.9. The van der Waals surface area contributed by atoms with Gasteiger partial charge in [-0.05, 0) is 26.0 Å². The van der Waals surface area contributed by atoms with E-state index in [9.17, 15) is 0 Å². The Kier molecular flexibility index (Phi) is 4.91. The summed E-state index contributed by atoms with van der Waals surface area (Å²) in [6.45, 7) is 4.39. The molecule has 1 aromatic carbocycles. The predicted molar refractivity (Wildman–Crippen MR) is 75.6 cm³/mol. The highest BCUT2D eigenvalue weighted by Gasteiger charge is 2.26. The molecule has 0 radical (unpaired) electrons. The maximum atomic E-state index is 5.68. The summed E-state index contributed by atoms with van der Waals surface area (Å²) in [5, 5.41) is 3.98. The molecule has 0 saturated carbocycles. The second kappa shape index (κ2) is 6.04. The van der Waals surface area contributed by atoms with Crippen molar-refractivity contribution in [3.05, 3.63) is 30.2 Å². The van der Waals surface area contributed by atoms with Gasteiger partial charge in [0.2, 0.25) is 11.7 Å². The van der Waals surface area contributed by atoms with Gasteiger partial charge in [0, 0.05) is 12.1 Å². The Hall–Kier alpha value is -1.59. The van der Waals surface area contributed by atoms with Crippen molar-refractivity contribution in [1.82, 2.24) is 10.1 Å². The molecule has 19 heavy (non-hydrogen) atoms. The Labute approximate surface area is 118 Å². The molecule has 0 spiro atoms. The van der Waals surface area contributed by atoms with Crippen LogP contribution in [0.3, 0.4) is 0 Å². The van der Waals surface area contributed by atoms with Gasteiger partial charge in [0.05, 0.1) is 12.5 Å². The standard InChI is InChI=1S/C13H17N3O2.ClH/c1-13(2,8-14)12-15-11(16-18-12)9-5-4-6-10(7-9)17-3;/h4-7H,8,14H2,1-3H3;1H. The summed E-state index contributed by atoms with van der Waals surface area (Å²) in [6.07, 6.45) is 0. The van der Waals surface area contributed by atoms with E-state index in [1.807, 2.05) is 38.1 Å². The van der Waals surface area contributed by atoms with Gasteiger partial charge in [-0.1, -0.05) is 17.3 Å². The highest BCUT2D eigenvalue weighted by Crippen LogP contribution is 2.25. The van der Waals surface area contributed by atoms with Crippen LogP contribution in [0.15, 0.2) is 28.8 Å². The first-order valence-corrected chi connectivity index (χ1v) is 5.75. The van der Waals surface area contributed by atoms with Crippen LogP contribution in [0.1, 0.15) is 19.7 Å². The van der Waals surface area contributed by atoms with E-state index in [1.165, 1.54) is 0 Å². The molecule has 1 aromatic heterocycles. The zero-order valence-electron chi connectivity index (χ0n) is 11.2. The van der Waals surface area contributed by atoms with Gasteiger partial charge < -0.3 is 15.0 Å². The Morgan fingerprint density at radius 1 is 1.37 bits per heavy atom. The maximum absolute atomic E-state index is 5.68. The van der Waals surface area contributed by atoms with Gasteiger partial charge in [0.25, 0.3) is 0 Å². The summed E-state index contributed by atoms with van der Waals surface area (Å²) in [5.41, 5.74) is 6.23. The summed E-state index contributed by atoms with van der Waals surface area (Å²) in [4.78, 5) is 4.39. The van der Waals surface area contributed by atoms with Crippen LogP contribution in [0.4, 0.5) is 0 Å². The fourth-order valence-electron chi connectivity index (χ4n) is 1.47. The second-order valence-corrected chi connectivity index (χ2v) is 4.74. The second-order valence-electron chi connectivity index (χ2n) is 4.74. The first kappa shape index (κ1) is 15.5. The molecule has 0 atom stereocenters. The van der Waals surface area contributed by atoms with Crippen molar-refractivity contribution < 1.29 is 9.26 Å². The molecule has 1 heterocycles. The molecule has 2 rings (SSSR count). The molecule has 0 aliphatic rings. The van der Waals surface area contributed by atoms with Gasteiger partial charge in [0.15, 0.2) is 0 Å². The van der Waals surface area contributed by atoms with Crippen molar-refractivity contribution in [2.45, 2.75) is 19.3 Å². The molecule has 0 amide bonds. The van der Waals surface area contributed by atoms with Crippen molar-refractivity contribution in [1.29, 1.82) is 0 Å². The van der Waals surface area contributed by atoms with Crippen LogP contribution >= 0.6 is 12.4 Å². The molecular weight excluding hydrogens is 266 g/mol. The molecule has 2 N–H and O–H groups in total. The molecule has 6 heteroatoms. The molecule has 5 nitrogen and oxygen atoms in total. The van der Waals surface area contributed by atoms with E-state index in [0.29, 0.717) is 18.3 Å². The van der Waals surface area contributed by atoms with Crippen LogP contribution in [-0.2, 0) is 5.41 Å². The number of nitrogens with two attached hydrogens (primary N) is 1. The number of rotatable bonds is 4. The monoisotopic (exact) mass is 283 g/mol. The minimum Gasteiger partial charge on any atom is -0.497 e. The fourth-order valence-corrected chi connectivity index (χ4v) is 1.47. The van der Waals surface area contributed by atoms with Crippen molar-refractivity contribution >= 4 is 12.4 Å². The SMILES string of the molecule is COc1cccc(-c2noc(C(C)(C)CN)n2)c1.Cl. The van der Waals surface area contributed by atoms with E-state index in [4.69, 9.17) is 15.0 Å². The van der Waals surface area contributed by atoms with Gasteiger partial charge >= 0.3 is 0 Å². The number of aromatic nitrogens is 2. The Bertz CT molecular complexity index is 540. The lowest BCUT2D eigenvalue weighted by molar-refractivity contribution is 0.311. The Balaban J connectivity index is 0.00000180. The van der Waals surface area contributed by atoms with Crippen LogP contribution in [-0.4, -0.2) is 23.8 Å². The fraction of sp³-hybridized carbons (Fsp3) is 0.385. The smallest absolute Gasteiger partial charge is 0.233 e. The number of hydrogen-bond acceptors (Lipinski definition) is 5. The van der Waals surface area contributed by atoms with Crippen molar-refractivity contribution in [2.24, 2.45) is 5.73 Å². The van der Waals surface area contributed by atoms with Crippen molar-refractivity contribution in [2.75, 3.05) is 13.7 Å². The number of ether oxygens (including phenoxy) is 1. The molecule has 0 unspecified atom stereocenters. The first-order chi connectivity index (χ1) is 8.56. The van der Waals surface area contributed by atoms with Crippen LogP contribution in [0.25, 0.3) is 11.4 Å². The van der Waals surface area contributed by atoms with Gasteiger partial charge in [-0.15, -0.1) is 12.4 Å². The third-order valence-corrected chi connectivity index (χ3v) is 2.84. The average molecular weight is 284 g/mol. The number of nitrogens with zero attached hydrogens (tertiary/aromatic N) is 2. The van der Waals surface area contributed by atoms with Gasteiger partial charge in [-0.25, -0.2) is 0 Å². The van der Waals surface area contributed by atoms with E-state index < -0.39 is 0 Å². The molecule has 0 saturated heterocycles. The Morgan fingerprint density at radius 2 is 2.11 bits per heavy atom. The minimum atomic E-state index is -0.315. The van der Waals surface area contributed by atoms with E-state index in [-0.39, 0.29) is 17.8 Å². The topological polar surface area (TPSA) is 74.2 Å². The highest BCUT2D eigenvalue weighted by molar-refractivity contribution is 5.85. The highest BCUT2D eigenvalue weighted by atomic mass is 35.5. The minimum absolute atomic E-state index is 0. The lowest BCUT2D eigenvalue weighted by atomic mass is 9.94. The van der Waals surface area contributed by atoms with Crippen LogP contribution in [0.5, 0.6) is 5.75 Å². The summed E-state index contributed by atoms with van der Waals surface area (Å²) >= 11 is 0. The van der Waals surface area contributed by atoms with Gasteiger partial charge in [0.1, 0.15) is 5.75 Å². The summed E-state index contributed by atoms with van der Waals surface area (Å²) in [6, 6.07) is 7.53. The zero-order chi connectivity index (χ0) is 13.2. The van der Waals surface area contributed by atoms with E-state index in [1.54, 1.807) is 7.11 Å². The number of hydrogen-bond donors (Lipinski definition) is 1. The average Bonchev–Trinajstić information content (AvgIpc) is 2.89. The maximum Gasteiger partial charge on any atom is 0.233 e. The van der Waals surface area contributed by atoms with Gasteiger partial charge in [-0.2, -0.15) is 4.98 Å². The molecule has 0 bridgehead atoms. The van der Waals surface area contributed by atoms with Crippen LogP contribution in [0, 0.1) is 0 Å². The van der Waals surface area contributed by atoms with Crippen molar-refractivity contribution in [3.8, 4) is 17.1 Å². The summed E-state index contributed by atoms with van der Waals surface area (Å²) < 4.78 is 10.4. The number of methoxy groups -OCH3 is 1. The quantitative estimate of drug-likeness (QED) is 0.933. The number of benzene rings is 1. The van der Waals surface area contributed by atoms with E-state index in [0.717, 1.165) is 11.3 Å². The molecule has 2 aromatic rings. The first-order valence-electron chi connectivity index (χ1n) is 5.75. The van der Waals surface area contributed by atoms with E-state index >= 15 is 0 Å². The molecule has 0 aliphatic carbocycles. The lowest BCUT2D eigenvalue weighted by Crippen LogP contribution is -2.28. The number of halogens is 1. The summed E-state index contributed by atoms with van der Waals surface area (Å²) in [7, 11) is 1.62. The van der Waals surface area contributed by atoms with E-state index in [2.05, 4.69) is 10.1 Å². The summed E-state index contributed by atoms with van der Waals surface area (Å²) in [5.74, 6) is 1.85.